The minimum Gasteiger partial charge on any atom is -0.744 e. The molecular formula is C37H34N2Na2O9S3. The fraction of sp³-hybridized carbons (Fsp3) is 0.162. The minimum absolute atomic E-state index is 0. The number of nitrogens with zero attached hydrogens (tertiary/aromatic N) is 2. The van der Waals surface area contributed by atoms with E-state index in [1.807, 2.05) is 78.3 Å². The Morgan fingerprint density at radius 1 is 0.774 bits per heavy atom. The van der Waals surface area contributed by atoms with Crippen LogP contribution in [-0.4, -0.2) is 61.9 Å². The van der Waals surface area contributed by atoms with Crippen LogP contribution < -0.4 is 64.0 Å². The largest absolute Gasteiger partial charge is 1.00 e. The number of benzene rings is 4. The number of allylic oxidation sites excluding steroid dienone is 5. The molecule has 0 heterocycles. The summed E-state index contributed by atoms with van der Waals surface area (Å²) in [5.74, 6) is 0. The van der Waals surface area contributed by atoms with Crippen LogP contribution in [0, 0.1) is 6.07 Å². The van der Waals surface area contributed by atoms with Crippen molar-refractivity contribution in [2.45, 2.75) is 36.7 Å². The molecule has 0 saturated heterocycles. The van der Waals surface area contributed by atoms with E-state index in [0.717, 1.165) is 29.1 Å². The van der Waals surface area contributed by atoms with Crippen molar-refractivity contribution >= 4 is 47.8 Å². The summed E-state index contributed by atoms with van der Waals surface area (Å²) < 4.78 is 99.1. The van der Waals surface area contributed by atoms with Gasteiger partial charge in [-0.05, 0) is 79.6 Å². The SMILES string of the molecule is CCN(Cc1c[c-]ccc1)c1ccc(C(=C2C=CC(=[N+](CC)Cc3cccc(S(=O)(=O)[O-])c3)C=C2)c2ccccc2S(=O)(=O)[O-])cc1.O=S(=O)=O.[Na+].[Na+]. The van der Waals surface area contributed by atoms with Crippen molar-refractivity contribution in [3.8, 4) is 0 Å². The van der Waals surface area contributed by atoms with Crippen molar-refractivity contribution in [1.82, 2.24) is 0 Å². The van der Waals surface area contributed by atoms with Gasteiger partial charge in [0.15, 0.2) is 12.3 Å². The van der Waals surface area contributed by atoms with Gasteiger partial charge in [0.1, 0.15) is 26.8 Å². The van der Waals surface area contributed by atoms with Crippen LogP contribution in [-0.2, 0) is 43.9 Å². The summed E-state index contributed by atoms with van der Waals surface area (Å²) in [7, 11) is -12.5. The van der Waals surface area contributed by atoms with Crippen LogP contribution in [0.4, 0.5) is 5.69 Å². The molecule has 0 unspecified atom stereocenters. The summed E-state index contributed by atoms with van der Waals surface area (Å²) >= 11 is 0. The van der Waals surface area contributed by atoms with E-state index in [1.54, 1.807) is 24.3 Å². The van der Waals surface area contributed by atoms with E-state index in [-0.39, 0.29) is 68.9 Å². The first-order chi connectivity index (χ1) is 24.2. The molecule has 1 aliphatic carbocycles. The molecule has 4 aromatic carbocycles. The predicted octanol–water partition coefficient (Wildman–Crippen LogP) is -1.07. The maximum absolute atomic E-state index is 12.4. The summed E-state index contributed by atoms with van der Waals surface area (Å²) in [5, 5.41) is 0. The second-order valence-electron chi connectivity index (χ2n) is 11.2. The average molecular weight is 793 g/mol. The minimum atomic E-state index is -4.78. The molecule has 0 bridgehead atoms. The second-order valence-corrected chi connectivity index (χ2v) is 14.3. The van der Waals surface area contributed by atoms with Crippen LogP contribution >= 0.6 is 0 Å². The number of hydrogen-bond acceptors (Lipinski definition) is 10. The first-order valence-electron chi connectivity index (χ1n) is 15.6. The Morgan fingerprint density at radius 2 is 1.40 bits per heavy atom. The summed E-state index contributed by atoms with van der Waals surface area (Å²) in [4.78, 5) is 1.64. The smallest absolute Gasteiger partial charge is 0.744 e. The molecule has 0 saturated carbocycles. The van der Waals surface area contributed by atoms with Crippen LogP contribution in [0.5, 0.6) is 0 Å². The summed E-state index contributed by atoms with van der Waals surface area (Å²) in [6.07, 6.45) is 7.53. The van der Waals surface area contributed by atoms with Crippen LogP contribution in [0.2, 0.25) is 0 Å². The third-order valence-electron chi connectivity index (χ3n) is 7.94. The van der Waals surface area contributed by atoms with Gasteiger partial charge in [0, 0.05) is 35.5 Å². The monoisotopic (exact) mass is 792 g/mol. The summed E-state index contributed by atoms with van der Waals surface area (Å²) in [6.45, 7) is 6.48. The van der Waals surface area contributed by atoms with E-state index in [1.165, 1.54) is 24.3 Å². The zero-order valence-corrected chi connectivity index (χ0v) is 36.1. The Balaban J connectivity index is 0.00000154. The maximum atomic E-state index is 12.4. The quantitative estimate of drug-likeness (QED) is 0.0789. The molecule has 266 valence electrons. The molecule has 4 aromatic rings. The van der Waals surface area contributed by atoms with Gasteiger partial charge in [0.25, 0.3) is 0 Å². The Morgan fingerprint density at radius 3 is 1.94 bits per heavy atom. The molecule has 0 radical (unpaired) electrons. The van der Waals surface area contributed by atoms with Crippen molar-refractivity contribution in [1.29, 1.82) is 0 Å². The molecule has 1 aliphatic rings. The Labute approximate surface area is 356 Å². The Kier molecular flexibility index (Phi) is 18.5. The van der Waals surface area contributed by atoms with Gasteiger partial charge in [-0.3, -0.25) is 0 Å². The molecule has 0 N–H and O–H groups in total. The van der Waals surface area contributed by atoms with E-state index in [9.17, 15) is 25.9 Å². The van der Waals surface area contributed by atoms with Crippen LogP contribution in [0.15, 0.2) is 137 Å². The second kappa shape index (κ2) is 21.2. The number of hydrogen-bond donors (Lipinski definition) is 0. The topological polar surface area (TPSA) is 172 Å². The van der Waals surface area contributed by atoms with E-state index in [4.69, 9.17) is 12.6 Å². The molecule has 0 aliphatic heterocycles. The van der Waals surface area contributed by atoms with Crippen molar-refractivity contribution in [3.63, 3.8) is 0 Å². The zero-order chi connectivity index (χ0) is 37.2. The normalized spacial score (nSPS) is 12.1. The zero-order valence-electron chi connectivity index (χ0n) is 29.7. The van der Waals surface area contributed by atoms with Gasteiger partial charge in [0.2, 0.25) is 0 Å². The maximum Gasteiger partial charge on any atom is 1.00 e. The van der Waals surface area contributed by atoms with E-state index in [2.05, 4.69) is 24.0 Å². The Bertz CT molecular complexity index is 2320. The van der Waals surface area contributed by atoms with Gasteiger partial charge in [0.05, 0.1) is 9.79 Å². The van der Waals surface area contributed by atoms with Crippen molar-refractivity contribution < 1.29 is 102 Å². The summed E-state index contributed by atoms with van der Waals surface area (Å²) in [5.41, 5.74) is 5.97. The van der Waals surface area contributed by atoms with Gasteiger partial charge in [-0.2, -0.15) is 30.3 Å². The van der Waals surface area contributed by atoms with E-state index < -0.39 is 30.8 Å². The molecule has 16 heteroatoms. The third kappa shape index (κ3) is 13.4. The van der Waals surface area contributed by atoms with Crippen molar-refractivity contribution in [3.05, 3.63) is 155 Å². The first-order valence-corrected chi connectivity index (χ1v) is 19.4. The molecular weight excluding hydrogens is 759 g/mol. The van der Waals surface area contributed by atoms with Gasteiger partial charge in [-0.15, -0.1) is 18.2 Å². The molecule has 0 aromatic heterocycles. The molecule has 11 nitrogen and oxygen atoms in total. The number of anilines is 1. The fourth-order valence-corrected chi connectivity index (χ4v) is 6.81. The molecule has 53 heavy (non-hydrogen) atoms. The van der Waals surface area contributed by atoms with Gasteiger partial charge in [-0.25, -0.2) is 21.4 Å². The molecule has 0 spiro atoms. The van der Waals surface area contributed by atoms with E-state index in [0.29, 0.717) is 41.9 Å². The summed E-state index contributed by atoms with van der Waals surface area (Å²) in [6, 6.07) is 31.0. The Hall–Kier alpha value is -2.99. The van der Waals surface area contributed by atoms with E-state index >= 15 is 0 Å². The molecule has 5 rings (SSSR count). The van der Waals surface area contributed by atoms with Crippen LogP contribution in [0.25, 0.3) is 5.57 Å². The number of rotatable bonds is 11. The van der Waals surface area contributed by atoms with Crippen molar-refractivity contribution in [2.75, 3.05) is 18.0 Å². The van der Waals surface area contributed by atoms with Gasteiger partial charge >= 0.3 is 69.7 Å². The van der Waals surface area contributed by atoms with Gasteiger partial charge < -0.3 is 14.0 Å². The predicted molar refractivity (Wildman–Crippen MR) is 191 cm³/mol. The van der Waals surface area contributed by atoms with Gasteiger partial charge in [-0.1, -0.05) is 42.5 Å². The third-order valence-corrected chi connectivity index (χ3v) is 9.66. The molecule has 0 atom stereocenters. The molecule has 0 fully saturated rings. The standard InChI is InChI=1S/C37H36N2O6S2.2Na.O3S/c1-3-38(26-28-11-6-5-7-12-28)32-21-17-30(18-22-32)37(35-15-8-9-16-36(35)47(43,44)45)31-19-23-33(24-20-31)39(4-2)27-29-13-10-14-34(25-29)46(40,41)42;;;1-4(2)3/h5-6,8-25H,3-4,26-27H2,1-2H3,(H,40,41,42)(H,43,44,45);;;/q;2*+1;/p-2. The van der Waals surface area contributed by atoms with Crippen LogP contribution in [0.3, 0.4) is 0 Å². The first kappa shape index (κ1) is 46.2. The molecule has 0 amide bonds. The average Bonchev–Trinajstić information content (AvgIpc) is 3.10. The fourth-order valence-electron chi connectivity index (χ4n) is 5.59. The van der Waals surface area contributed by atoms with Crippen molar-refractivity contribution in [2.24, 2.45) is 0 Å². The van der Waals surface area contributed by atoms with Crippen LogP contribution in [0.1, 0.15) is 36.1 Å².